The fourth-order valence-corrected chi connectivity index (χ4v) is 3.06. The highest BCUT2D eigenvalue weighted by atomic mass is 32.1. The molecule has 2 heterocycles. The first-order chi connectivity index (χ1) is 9.38. The summed E-state index contributed by atoms with van der Waals surface area (Å²) in [6.07, 6.45) is 0. The molecule has 0 aromatic carbocycles. The van der Waals surface area contributed by atoms with Gasteiger partial charge in [-0.15, -0.1) is 11.3 Å². The van der Waals surface area contributed by atoms with Crippen molar-refractivity contribution in [2.75, 3.05) is 0 Å². The first kappa shape index (κ1) is 14.7. The third-order valence-corrected chi connectivity index (χ3v) is 4.42. The van der Waals surface area contributed by atoms with Gasteiger partial charge in [0, 0.05) is 23.0 Å². The number of hydrogen-bond donors (Lipinski definition) is 2. The van der Waals surface area contributed by atoms with E-state index in [2.05, 4.69) is 17.2 Å². The highest BCUT2D eigenvalue weighted by molar-refractivity contribution is 7.11. The molecule has 0 bridgehead atoms. The van der Waals surface area contributed by atoms with Gasteiger partial charge in [0.25, 0.3) is 0 Å². The molecule has 0 aliphatic rings. The number of carboxylic acids is 1. The van der Waals surface area contributed by atoms with Crippen molar-refractivity contribution in [2.24, 2.45) is 0 Å². The van der Waals surface area contributed by atoms with Crippen molar-refractivity contribution in [2.45, 2.75) is 40.3 Å². The number of carbonyl (C=O) groups is 1. The van der Waals surface area contributed by atoms with Crippen LogP contribution in [0.2, 0.25) is 0 Å². The molecule has 0 saturated carbocycles. The Balaban J connectivity index is 2.05. The molecule has 1 unspecified atom stereocenters. The lowest BCUT2D eigenvalue weighted by Gasteiger charge is -2.12. The molecule has 6 heteroatoms. The number of hydrogen-bond acceptors (Lipinski definition) is 5. The summed E-state index contributed by atoms with van der Waals surface area (Å²) in [4.78, 5) is 16.5. The van der Waals surface area contributed by atoms with Crippen molar-refractivity contribution in [3.8, 4) is 0 Å². The molecule has 108 valence electrons. The Morgan fingerprint density at radius 2 is 2.20 bits per heavy atom. The van der Waals surface area contributed by atoms with E-state index in [1.807, 2.05) is 13.8 Å². The normalized spacial score (nSPS) is 12.6. The zero-order chi connectivity index (χ0) is 14.9. The lowest BCUT2D eigenvalue weighted by molar-refractivity contribution is 0.0661. The van der Waals surface area contributed by atoms with Crippen molar-refractivity contribution >= 4 is 17.3 Å². The third-order valence-electron chi connectivity index (χ3n) is 3.16. The van der Waals surface area contributed by atoms with Gasteiger partial charge in [-0.1, -0.05) is 0 Å². The molecule has 0 aliphatic heterocycles. The van der Waals surface area contributed by atoms with Crippen LogP contribution in [0.4, 0.5) is 0 Å². The lowest BCUT2D eigenvalue weighted by atomic mass is 10.2. The maximum absolute atomic E-state index is 10.9. The van der Waals surface area contributed by atoms with Crippen LogP contribution in [0.5, 0.6) is 0 Å². The van der Waals surface area contributed by atoms with Crippen molar-refractivity contribution < 1.29 is 14.3 Å². The van der Waals surface area contributed by atoms with Crippen LogP contribution in [-0.4, -0.2) is 16.1 Å². The molecule has 0 amide bonds. The van der Waals surface area contributed by atoms with Crippen LogP contribution < -0.4 is 5.32 Å². The number of aromatic nitrogens is 1. The number of aromatic carboxylic acids is 1. The topological polar surface area (TPSA) is 75.4 Å². The largest absolute Gasteiger partial charge is 0.475 e. The molecule has 0 aliphatic carbocycles. The van der Waals surface area contributed by atoms with Gasteiger partial charge in [0.05, 0.1) is 10.7 Å². The van der Waals surface area contributed by atoms with Gasteiger partial charge < -0.3 is 14.8 Å². The second kappa shape index (κ2) is 5.76. The number of nitrogens with one attached hydrogen (secondary N) is 1. The molecule has 1 atom stereocenters. The molecule has 2 aromatic heterocycles. The van der Waals surface area contributed by atoms with E-state index >= 15 is 0 Å². The van der Waals surface area contributed by atoms with Crippen LogP contribution >= 0.6 is 11.3 Å². The summed E-state index contributed by atoms with van der Waals surface area (Å²) in [5.41, 5.74) is 1.91. The Bertz CT molecular complexity index is 630. The van der Waals surface area contributed by atoms with E-state index in [9.17, 15) is 4.79 Å². The van der Waals surface area contributed by atoms with Crippen LogP contribution in [0.25, 0.3) is 0 Å². The van der Waals surface area contributed by atoms with E-state index < -0.39 is 5.97 Å². The molecule has 20 heavy (non-hydrogen) atoms. The Labute approximate surface area is 121 Å². The number of rotatable bonds is 5. The monoisotopic (exact) mass is 294 g/mol. The second-order valence-corrected chi connectivity index (χ2v) is 6.02. The summed E-state index contributed by atoms with van der Waals surface area (Å²) in [5, 5.41) is 13.3. The van der Waals surface area contributed by atoms with Crippen molar-refractivity contribution in [1.29, 1.82) is 0 Å². The predicted octanol–water partition coefficient (Wildman–Crippen LogP) is 3.21. The van der Waals surface area contributed by atoms with E-state index in [-0.39, 0.29) is 11.8 Å². The lowest BCUT2D eigenvalue weighted by Crippen LogP contribution is -2.18. The highest BCUT2D eigenvalue weighted by Crippen LogP contribution is 2.25. The molecule has 0 saturated heterocycles. The highest BCUT2D eigenvalue weighted by Gasteiger charge is 2.16. The summed E-state index contributed by atoms with van der Waals surface area (Å²) >= 11 is 1.68. The van der Waals surface area contributed by atoms with Crippen LogP contribution in [0.1, 0.15) is 50.4 Å². The molecule has 5 nitrogen and oxygen atoms in total. The van der Waals surface area contributed by atoms with Gasteiger partial charge in [0.1, 0.15) is 5.76 Å². The van der Waals surface area contributed by atoms with Crippen molar-refractivity contribution in [1.82, 2.24) is 10.3 Å². The zero-order valence-electron chi connectivity index (χ0n) is 12.0. The maximum Gasteiger partial charge on any atom is 0.371 e. The third kappa shape index (κ3) is 3.08. The number of thiazole rings is 1. The molecule has 0 fully saturated rings. The summed E-state index contributed by atoms with van der Waals surface area (Å²) in [6, 6.07) is 1.74. The summed E-state index contributed by atoms with van der Waals surface area (Å²) in [5.74, 6) is -0.419. The fourth-order valence-electron chi connectivity index (χ4n) is 2.11. The van der Waals surface area contributed by atoms with Gasteiger partial charge in [0.2, 0.25) is 5.76 Å². The van der Waals surface area contributed by atoms with Crippen LogP contribution in [0, 0.1) is 20.8 Å². The minimum atomic E-state index is -1.04. The van der Waals surface area contributed by atoms with E-state index in [0.29, 0.717) is 12.3 Å². The van der Waals surface area contributed by atoms with Gasteiger partial charge in [0.15, 0.2) is 0 Å². The van der Waals surface area contributed by atoms with Gasteiger partial charge in [-0.25, -0.2) is 9.78 Å². The smallest absolute Gasteiger partial charge is 0.371 e. The van der Waals surface area contributed by atoms with Gasteiger partial charge in [-0.3, -0.25) is 0 Å². The average molecular weight is 294 g/mol. The zero-order valence-corrected chi connectivity index (χ0v) is 12.8. The van der Waals surface area contributed by atoms with Gasteiger partial charge in [-0.2, -0.15) is 0 Å². The molecular weight excluding hydrogens is 276 g/mol. The Hall–Kier alpha value is -1.66. The molecule has 2 aromatic rings. The number of nitrogens with zero attached hydrogens (tertiary/aromatic N) is 1. The van der Waals surface area contributed by atoms with E-state index in [1.165, 1.54) is 4.88 Å². The fraction of sp³-hybridized carbons (Fsp3) is 0.429. The van der Waals surface area contributed by atoms with Gasteiger partial charge >= 0.3 is 5.97 Å². The van der Waals surface area contributed by atoms with Crippen molar-refractivity contribution in [3.05, 3.63) is 38.7 Å². The molecular formula is C14H18N2O3S. The number of furan rings is 1. The van der Waals surface area contributed by atoms with Crippen molar-refractivity contribution in [3.63, 3.8) is 0 Å². The standard InChI is InChI=1S/C14H18N2O3S/c1-7(13-8(2)16-10(4)20-13)15-6-11-5-12(14(17)18)19-9(11)3/h5,7,15H,6H2,1-4H3,(H,17,18). The van der Waals surface area contributed by atoms with Crippen LogP contribution in [-0.2, 0) is 6.54 Å². The number of carboxylic acid groups (broad SMARTS) is 1. The van der Waals surface area contributed by atoms with E-state index in [4.69, 9.17) is 9.52 Å². The molecule has 0 radical (unpaired) electrons. The SMILES string of the molecule is Cc1nc(C)c(C(C)NCc2cc(C(=O)O)oc2C)s1. The second-order valence-electron chi connectivity index (χ2n) is 4.78. The summed E-state index contributed by atoms with van der Waals surface area (Å²) in [7, 11) is 0. The Morgan fingerprint density at radius 3 is 2.70 bits per heavy atom. The van der Waals surface area contributed by atoms with Gasteiger partial charge in [-0.05, 0) is 33.8 Å². The number of aryl methyl sites for hydroxylation is 3. The Kier molecular flexibility index (Phi) is 4.25. The first-order valence-corrected chi connectivity index (χ1v) is 7.20. The van der Waals surface area contributed by atoms with E-state index in [1.54, 1.807) is 24.3 Å². The quantitative estimate of drug-likeness (QED) is 0.885. The minimum absolute atomic E-state index is 0.0169. The molecule has 0 spiro atoms. The average Bonchev–Trinajstić information content (AvgIpc) is 2.89. The van der Waals surface area contributed by atoms with Crippen LogP contribution in [0.15, 0.2) is 10.5 Å². The molecule has 2 rings (SSSR count). The summed E-state index contributed by atoms with van der Waals surface area (Å²) in [6.45, 7) is 8.42. The maximum atomic E-state index is 10.9. The van der Waals surface area contributed by atoms with Crippen LogP contribution in [0.3, 0.4) is 0 Å². The summed E-state index contributed by atoms with van der Waals surface area (Å²) < 4.78 is 5.19. The minimum Gasteiger partial charge on any atom is -0.475 e. The first-order valence-electron chi connectivity index (χ1n) is 6.38. The molecule has 2 N–H and O–H groups in total. The Morgan fingerprint density at radius 1 is 1.50 bits per heavy atom. The predicted molar refractivity (Wildman–Crippen MR) is 77.2 cm³/mol. The van der Waals surface area contributed by atoms with E-state index in [0.717, 1.165) is 16.3 Å².